The van der Waals surface area contributed by atoms with Crippen LogP contribution in [0, 0.1) is 5.82 Å². The summed E-state index contributed by atoms with van der Waals surface area (Å²) in [7, 11) is -3.97. The number of Topliss-reactive ketones (excluding diaryl/α,β-unsaturated/α-hetero) is 1. The van der Waals surface area contributed by atoms with Crippen molar-refractivity contribution in [2.75, 3.05) is 0 Å². The van der Waals surface area contributed by atoms with Gasteiger partial charge in [-0.1, -0.05) is 41.9 Å². The molecule has 0 unspecified atom stereocenters. The molecule has 0 aliphatic carbocycles. The first-order chi connectivity index (χ1) is 14.8. The van der Waals surface area contributed by atoms with Crippen LogP contribution in [0.1, 0.15) is 28.5 Å². The minimum absolute atomic E-state index is 0.125. The molecule has 7 heteroatoms. The smallest absolute Gasteiger partial charge is 0.268 e. The zero-order chi connectivity index (χ0) is 22.2. The molecule has 0 spiro atoms. The van der Waals surface area contributed by atoms with E-state index in [0.29, 0.717) is 33.6 Å². The lowest BCUT2D eigenvalue weighted by Crippen LogP contribution is -2.17. The second-order valence-corrected chi connectivity index (χ2v) is 9.47. The molecule has 0 saturated carbocycles. The lowest BCUT2D eigenvalue weighted by molar-refractivity contribution is 0.101. The molecule has 1 aromatic heterocycles. The van der Waals surface area contributed by atoms with Gasteiger partial charge >= 0.3 is 0 Å². The van der Waals surface area contributed by atoms with E-state index in [1.807, 2.05) is 0 Å². The molecular weight excluding hydrogens is 437 g/mol. The maximum Gasteiger partial charge on any atom is 0.268 e. The standard InChI is InChI=1S/C24H19ClFNO3S/c1-16(28)24-21-15-18(25)10-14-22(21)27(31(29,30)20-5-3-2-4-6-20)23(24)13-9-17-7-11-19(26)12-8-17/h2-8,10-12,14-15H,9,13H2,1H3. The van der Waals surface area contributed by atoms with Gasteiger partial charge in [0.15, 0.2) is 5.78 Å². The molecule has 0 N–H and O–H groups in total. The van der Waals surface area contributed by atoms with E-state index in [-0.39, 0.29) is 22.9 Å². The fourth-order valence-electron chi connectivity index (χ4n) is 3.79. The molecule has 0 radical (unpaired) electrons. The van der Waals surface area contributed by atoms with Crippen LogP contribution in [-0.4, -0.2) is 18.2 Å². The summed E-state index contributed by atoms with van der Waals surface area (Å²) in [5.74, 6) is -0.591. The summed E-state index contributed by atoms with van der Waals surface area (Å²) < 4.78 is 41.7. The monoisotopic (exact) mass is 455 g/mol. The Morgan fingerprint density at radius 3 is 2.29 bits per heavy atom. The Labute approximate surface area is 184 Å². The number of aryl methyl sites for hydroxylation is 1. The molecule has 0 bridgehead atoms. The van der Waals surface area contributed by atoms with Gasteiger partial charge < -0.3 is 0 Å². The molecular formula is C24H19ClFNO3S. The number of aromatic nitrogens is 1. The number of hydrogen-bond acceptors (Lipinski definition) is 3. The molecule has 158 valence electrons. The highest BCUT2D eigenvalue weighted by molar-refractivity contribution is 7.90. The predicted molar refractivity (Wildman–Crippen MR) is 120 cm³/mol. The van der Waals surface area contributed by atoms with Crippen molar-refractivity contribution in [1.29, 1.82) is 0 Å². The molecule has 31 heavy (non-hydrogen) atoms. The van der Waals surface area contributed by atoms with Crippen molar-refractivity contribution in [2.45, 2.75) is 24.7 Å². The highest BCUT2D eigenvalue weighted by Gasteiger charge is 2.28. The molecule has 4 aromatic rings. The zero-order valence-corrected chi connectivity index (χ0v) is 18.3. The van der Waals surface area contributed by atoms with Crippen molar-refractivity contribution in [1.82, 2.24) is 3.97 Å². The summed E-state index contributed by atoms with van der Waals surface area (Å²) in [5.41, 5.74) is 1.95. The number of fused-ring (bicyclic) bond motifs is 1. The van der Waals surface area contributed by atoms with Gasteiger partial charge in [0.1, 0.15) is 5.82 Å². The predicted octanol–water partition coefficient (Wildman–Crippen LogP) is 5.66. The number of nitrogens with zero attached hydrogens (tertiary/aromatic N) is 1. The summed E-state index contributed by atoms with van der Waals surface area (Å²) in [5, 5.41) is 0.906. The van der Waals surface area contributed by atoms with E-state index in [1.54, 1.807) is 48.5 Å². The highest BCUT2D eigenvalue weighted by atomic mass is 35.5. The Morgan fingerprint density at radius 1 is 0.968 bits per heavy atom. The van der Waals surface area contributed by atoms with E-state index < -0.39 is 10.0 Å². The fraction of sp³-hybridized carbons (Fsp3) is 0.125. The summed E-state index contributed by atoms with van der Waals surface area (Å²) in [6, 6.07) is 18.9. The topological polar surface area (TPSA) is 56.1 Å². The normalized spacial score (nSPS) is 11.7. The first-order valence-electron chi connectivity index (χ1n) is 9.68. The molecule has 0 atom stereocenters. The van der Waals surface area contributed by atoms with Gasteiger partial charge in [0.2, 0.25) is 0 Å². The third-order valence-corrected chi connectivity index (χ3v) is 7.18. The molecule has 0 amide bonds. The summed E-state index contributed by atoms with van der Waals surface area (Å²) >= 11 is 6.17. The number of carbonyl (C=O) groups excluding carboxylic acids is 1. The van der Waals surface area contributed by atoms with Crippen LogP contribution in [0.25, 0.3) is 10.9 Å². The first-order valence-corrected chi connectivity index (χ1v) is 11.5. The van der Waals surface area contributed by atoms with Crippen LogP contribution in [0.3, 0.4) is 0 Å². The second kappa shape index (κ2) is 8.29. The lowest BCUT2D eigenvalue weighted by Gasteiger charge is -2.13. The van der Waals surface area contributed by atoms with Crippen molar-refractivity contribution in [3.05, 3.63) is 100 Å². The number of ketones is 1. The number of benzene rings is 3. The first kappa shape index (κ1) is 21.3. The molecule has 1 heterocycles. The Kier molecular flexibility index (Phi) is 5.69. The minimum atomic E-state index is -3.97. The minimum Gasteiger partial charge on any atom is -0.294 e. The van der Waals surface area contributed by atoms with Gasteiger partial charge in [0.25, 0.3) is 10.0 Å². The van der Waals surface area contributed by atoms with Crippen molar-refractivity contribution in [3.8, 4) is 0 Å². The number of halogens is 2. The van der Waals surface area contributed by atoms with Crippen LogP contribution in [0.15, 0.2) is 77.7 Å². The SMILES string of the molecule is CC(=O)c1c(CCc2ccc(F)cc2)n(S(=O)(=O)c2ccccc2)c2ccc(Cl)cc12. The van der Waals surface area contributed by atoms with Gasteiger partial charge in [-0.2, -0.15) is 0 Å². The van der Waals surface area contributed by atoms with Crippen molar-refractivity contribution < 1.29 is 17.6 Å². The van der Waals surface area contributed by atoms with Gasteiger partial charge in [-0.25, -0.2) is 16.8 Å². The molecule has 0 aliphatic rings. The number of hydrogen-bond donors (Lipinski definition) is 0. The molecule has 0 saturated heterocycles. The van der Waals surface area contributed by atoms with Crippen LogP contribution < -0.4 is 0 Å². The van der Waals surface area contributed by atoms with E-state index in [1.165, 1.54) is 35.2 Å². The van der Waals surface area contributed by atoms with Crippen LogP contribution in [0.5, 0.6) is 0 Å². The van der Waals surface area contributed by atoms with Crippen LogP contribution in [0.2, 0.25) is 5.02 Å². The van der Waals surface area contributed by atoms with Crippen LogP contribution >= 0.6 is 11.6 Å². The van der Waals surface area contributed by atoms with E-state index in [0.717, 1.165) is 5.56 Å². The lowest BCUT2D eigenvalue weighted by atomic mass is 10.0. The van der Waals surface area contributed by atoms with Gasteiger partial charge in [0.05, 0.1) is 10.4 Å². The van der Waals surface area contributed by atoms with Gasteiger partial charge in [0, 0.05) is 21.7 Å². The maximum absolute atomic E-state index is 13.6. The molecule has 0 fully saturated rings. The third kappa shape index (κ3) is 4.01. The largest absolute Gasteiger partial charge is 0.294 e. The van der Waals surface area contributed by atoms with Crippen molar-refractivity contribution in [2.24, 2.45) is 0 Å². The fourth-order valence-corrected chi connectivity index (χ4v) is 5.57. The average molecular weight is 456 g/mol. The number of rotatable bonds is 6. The molecule has 4 nitrogen and oxygen atoms in total. The second-order valence-electron chi connectivity index (χ2n) is 7.25. The molecule has 3 aromatic carbocycles. The van der Waals surface area contributed by atoms with Crippen LogP contribution in [-0.2, 0) is 22.9 Å². The maximum atomic E-state index is 13.6. The number of carbonyl (C=O) groups is 1. The van der Waals surface area contributed by atoms with Gasteiger partial charge in [-0.3, -0.25) is 4.79 Å². The van der Waals surface area contributed by atoms with Crippen LogP contribution in [0.4, 0.5) is 4.39 Å². The van der Waals surface area contributed by atoms with Crippen molar-refractivity contribution in [3.63, 3.8) is 0 Å². The van der Waals surface area contributed by atoms with E-state index >= 15 is 0 Å². The Bertz CT molecular complexity index is 1380. The van der Waals surface area contributed by atoms with E-state index in [2.05, 4.69) is 0 Å². The van der Waals surface area contributed by atoms with Gasteiger partial charge in [-0.15, -0.1) is 0 Å². The summed E-state index contributed by atoms with van der Waals surface area (Å²) in [6.07, 6.45) is 0.716. The van der Waals surface area contributed by atoms with Gasteiger partial charge in [-0.05, 0) is 67.8 Å². The Balaban J connectivity index is 1.96. The molecule has 0 aliphatic heterocycles. The summed E-state index contributed by atoms with van der Waals surface area (Å²) in [4.78, 5) is 12.7. The Hall–Kier alpha value is -2.96. The highest BCUT2D eigenvalue weighted by Crippen LogP contribution is 2.33. The van der Waals surface area contributed by atoms with E-state index in [9.17, 15) is 17.6 Å². The Morgan fingerprint density at radius 2 is 1.65 bits per heavy atom. The summed E-state index contributed by atoms with van der Waals surface area (Å²) in [6.45, 7) is 1.41. The average Bonchev–Trinajstić information content (AvgIpc) is 3.08. The quantitative estimate of drug-likeness (QED) is 0.352. The van der Waals surface area contributed by atoms with E-state index in [4.69, 9.17) is 11.6 Å². The zero-order valence-electron chi connectivity index (χ0n) is 16.7. The third-order valence-electron chi connectivity index (χ3n) is 5.18. The van der Waals surface area contributed by atoms with Crippen molar-refractivity contribution >= 4 is 38.3 Å². The molecule has 4 rings (SSSR count).